The third kappa shape index (κ3) is 3.91. The van der Waals surface area contributed by atoms with E-state index in [1.54, 1.807) is 16.2 Å². The van der Waals surface area contributed by atoms with Gasteiger partial charge in [0.2, 0.25) is 0 Å². The predicted molar refractivity (Wildman–Crippen MR) is 111 cm³/mol. The van der Waals surface area contributed by atoms with Crippen LogP contribution in [0.15, 0.2) is 47.5 Å². The summed E-state index contributed by atoms with van der Waals surface area (Å²) in [5, 5.41) is 7.80. The molecule has 30 heavy (non-hydrogen) atoms. The first-order chi connectivity index (χ1) is 14.4. The molecule has 0 atom stereocenters. The summed E-state index contributed by atoms with van der Waals surface area (Å²) < 4.78 is 40.7. The standard InChI is InChI=1S/C20H14ClF3N4SSe/c21-14-8-13(29-10-11-4-2-1-3-5-11)9-28-16(15(12-6-7-12)25-17(14)28)18-26-27-19(30-18)20(22,23)24/h1-5,8-9,12H,6-7,10H2. The van der Waals surface area contributed by atoms with Crippen molar-refractivity contribution in [2.24, 2.45) is 0 Å². The zero-order chi connectivity index (χ0) is 20.9. The van der Waals surface area contributed by atoms with E-state index in [1.807, 2.05) is 42.6 Å². The Labute approximate surface area is 185 Å². The van der Waals surface area contributed by atoms with Gasteiger partial charge in [-0.25, -0.2) is 0 Å². The number of halogens is 4. The summed E-state index contributed by atoms with van der Waals surface area (Å²) in [6.45, 7) is 0. The molecule has 4 nitrogen and oxygen atoms in total. The number of pyridine rings is 1. The zero-order valence-corrected chi connectivity index (χ0v) is 18.6. The second kappa shape index (κ2) is 7.71. The molecule has 154 valence electrons. The van der Waals surface area contributed by atoms with Crippen molar-refractivity contribution in [2.75, 3.05) is 0 Å². The maximum atomic E-state index is 13.1. The Balaban J connectivity index is 1.58. The predicted octanol–water partition coefficient (Wildman–Crippen LogP) is 5.69. The van der Waals surface area contributed by atoms with Gasteiger partial charge >= 0.3 is 186 Å². The molecule has 5 rings (SSSR count). The molecule has 0 N–H and O–H groups in total. The van der Waals surface area contributed by atoms with Crippen LogP contribution in [0.3, 0.4) is 0 Å². The molecule has 4 aromatic rings. The van der Waals surface area contributed by atoms with E-state index in [0.29, 0.717) is 20.9 Å². The third-order valence-electron chi connectivity index (χ3n) is 4.76. The van der Waals surface area contributed by atoms with E-state index >= 15 is 0 Å². The number of thioether (sulfide) groups is 1. The molecule has 0 radical (unpaired) electrons. The van der Waals surface area contributed by atoms with Crippen LogP contribution in [-0.2, 0) is 11.9 Å². The summed E-state index contributed by atoms with van der Waals surface area (Å²) in [6.07, 6.45) is -0.623. The van der Waals surface area contributed by atoms with Gasteiger partial charge in [0.25, 0.3) is 0 Å². The van der Waals surface area contributed by atoms with Gasteiger partial charge in [0.15, 0.2) is 0 Å². The Morgan fingerprint density at radius 2 is 1.93 bits per heavy atom. The van der Waals surface area contributed by atoms with Crippen molar-refractivity contribution in [3.05, 3.63) is 63.4 Å². The number of nitrogens with zero attached hydrogens (tertiary/aromatic N) is 4. The molecular formula is C20H14ClF3N4SSe. The molecule has 0 aliphatic heterocycles. The monoisotopic (exact) mass is 514 g/mol. The normalized spacial score (nSPS) is 14.5. The molecule has 1 aliphatic carbocycles. The summed E-state index contributed by atoms with van der Waals surface area (Å²) in [5.74, 6) is 0.999. The fraction of sp³-hybridized carbons (Fsp3) is 0.250. The van der Waals surface area contributed by atoms with E-state index in [4.69, 9.17) is 11.6 Å². The Kier molecular flexibility index (Phi) is 5.17. The molecule has 0 amide bonds. The van der Waals surface area contributed by atoms with Crippen LogP contribution in [0, 0.1) is 0 Å². The van der Waals surface area contributed by atoms with E-state index in [2.05, 4.69) is 15.2 Å². The first-order valence-corrected chi connectivity index (χ1v) is 12.3. The Morgan fingerprint density at radius 3 is 2.60 bits per heavy atom. The molecule has 0 saturated heterocycles. The second-order valence-electron chi connectivity index (χ2n) is 7.02. The van der Waals surface area contributed by atoms with Crippen molar-refractivity contribution in [3.8, 4) is 10.3 Å². The third-order valence-corrected chi connectivity index (χ3v) is 8.12. The van der Waals surface area contributed by atoms with Gasteiger partial charge < -0.3 is 0 Å². The molecular weight excluding hydrogens is 500 g/mol. The van der Waals surface area contributed by atoms with Crippen molar-refractivity contribution in [1.82, 2.24) is 19.6 Å². The maximum absolute atomic E-state index is 13.1. The number of fused-ring (bicyclic) bond motifs is 1. The number of imidazole rings is 1. The van der Waals surface area contributed by atoms with E-state index in [-0.39, 0.29) is 5.92 Å². The average molecular weight is 514 g/mol. The molecule has 1 saturated carbocycles. The minimum absolute atomic E-state index is 0.241. The molecule has 0 spiro atoms. The molecule has 3 heterocycles. The summed E-state index contributed by atoms with van der Waals surface area (Å²) in [5.41, 5.74) is 3.13. The number of hydrogen-bond acceptors (Lipinski definition) is 4. The van der Waals surface area contributed by atoms with Crippen LogP contribution in [0.5, 0.6) is 0 Å². The Bertz CT molecular complexity index is 1220. The molecule has 10 heteroatoms. The summed E-state index contributed by atoms with van der Waals surface area (Å²) in [7, 11) is 0. The van der Waals surface area contributed by atoms with Crippen molar-refractivity contribution in [3.63, 3.8) is 0 Å². The van der Waals surface area contributed by atoms with Gasteiger partial charge in [0.1, 0.15) is 0 Å². The minimum atomic E-state index is -4.46. The van der Waals surface area contributed by atoms with Gasteiger partial charge in [-0.15, -0.1) is 0 Å². The molecule has 0 bridgehead atoms. The average Bonchev–Trinajstić information content (AvgIpc) is 3.30. The molecule has 1 aromatic carbocycles. The fourth-order valence-corrected chi connectivity index (χ4v) is 6.03. The zero-order valence-electron chi connectivity index (χ0n) is 15.4. The van der Waals surface area contributed by atoms with Crippen molar-refractivity contribution >= 4 is 43.5 Å². The Morgan fingerprint density at radius 1 is 1.17 bits per heavy atom. The van der Waals surface area contributed by atoms with Gasteiger partial charge in [-0.2, -0.15) is 0 Å². The van der Waals surface area contributed by atoms with Gasteiger partial charge in [-0.05, 0) is 0 Å². The number of hydrogen-bond donors (Lipinski definition) is 0. The first kappa shape index (κ1) is 20.1. The van der Waals surface area contributed by atoms with Crippen LogP contribution >= 0.6 is 23.4 Å². The van der Waals surface area contributed by atoms with E-state index in [0.717, 1.165) is 29.2 Å². The molecule has 0 unspecified atom stereocenters. The van der Waals surface area contributed by atoms with Crippen LogP contribution in [0.1, 0.15) is 34.6 Å². The van der Waals surface area contributed by atoms with Crippen LogP contribution in [0.25, 0.3) is 15.9 Å². The van der Waals surface area contributed by atoms with Gasteiger partial charge in [0, 0.05) is 0 Å². The molecule has 3 aromatic heterocycles. The SMILES string of the molecule is FC(F)(F)c1nnc(-c2c(C3CC3)nc3c(Cl)cc(SCc4ccccc4)cn23)[se]1. The fourth-order valence-electron chi connectivity index (χ4n) is 3.21. The Hall–Kier alpha value is -1.80. The van der Waals surface area contributed by atoms with Crippen molar-refractivity contribution in [2.45, 2.75) is 35.6 Å². The first-order valence-electron chi connectivity index (χ1n) is 9.19. The van der Waals surface area contributed by atoms with Crippen molar-refractivity contribution in [1.29, 1.82) is 0 Å². The molecule has 1 aliphatic rings. The molecule has 1 fully saturated rings. The van der Waals surface area contributed by atoms with Gasteiger partial charge in [0.05, 0.1) is 0 Å². The second-order valence-corrected chi connectivity index (χ2v) is 10.5. The van der Waals surface area contributed by atoms with Crippen LogP contribution in [0.4, 0.5) is 13.2 Å². The van der Waals surface area contributed by atoms with Gasteiger partial charge in [-0.1, -0.05) is 0 Å². The van der Waals surface area contributed by atoms with Crippen LogP contribution in [0.2, 0.25) is 5.02 Å². The van der Waals surface area contributed by atoms with E-state index < -0.39 is 25.2 Å². The van der Waals surface area contributed by atoms with E-state index in [9.17, 15) is 13.2 Å². The number of aromatic nitrogens is 4. The van der Waals surface area contributed by atoms with Crippen LogP contribution in [-0.4, -0.2) is 34.1 Å². The number of benzene rings is 1. The number of alkyl halides is 3. The topological polar surface area (TPSA) is 43.1 Å². The quantitative estimate of drug-likeness (QED) is 0.254. The van der Waals surface area contributed by atoms with Crippen LogP contribution < -0.4 is 0 Å². The summed E-state index contributed by atoms with van der Waals surface area (Å²) in [6, 6.07) is 11.9. The summed E-state index contributed by atoms with van der Waals surface area (Å²) in [4.78, 5) is 5.60. The van der Waals surface area contributed by atoms with Gasteiger partial charge in [-0.3, -0.25) is 0 Å². The summed E-state index contributed by atoms with van der Waals surface area (Å²) >= 11 is 7.12. The van der Waals surface area contributed by atoms with Crippen molar-refractivity contribution < 1.29 is 13.2 Å². The number of rotatable bonds is 5. The van der Waals surface area contributed by atoms with E-state index in [1.165, 1.54) is 5.56 Å².